The minimum atomic E-state index is 0.564. The van der Waals surface area contributed by atoms with Crippen LogP contribution in [0.3, 0.4) is 0 Å². The molecule has 1 saturated heterocycles. The Morgan fingerprint density at radius 1 is 1.26 bits per heavy atom. The highest BCUT2D eigenvalue weighted by atomic mass is 15.2. The summed E-state index contributed by atoms with van der Waals surface area (Å²) in [6.45, 7) is 5.71. The molecule has 1 aromatic heterocycles. The summed E-state index contributed by atoms with van der Waals surface area (Å²) in [7, 11) is 0. The number of rotatable bonds is 4. The molecule has 0 radical (unpaired) electrons. The second-order valence-corrected chi connectivity index (χ2v) is 5.25. The van der Waals surface area contributed by atoms with Crippen LogP contribution in [0.25, 0.3) is 10.9 Å². The van der Waals surface area contributed by atoms with E-state index in [2.05, 4.69) is 33.4 Å². The van der Waals surface area contributed by atoms with Crippen molar-refractivity contribution >= 4 is 16.6 Å². The van der Waals surface area contributed by atoms with E-state index < -0.39 is 0 Å². The van der Waals surface area contributed by atoms with E-state index in [1.807, 2.05) is 24.4 Å². The lowest BCUT2D eigenvalue weighted by Crippen LogP contribution is -2.35. The SMILES string of the molecule is CC(CNc1cnnc2ccccc12)N1CCCC1. The van der Waals surface area contributed by atoms with Crippen molar-refractivity contribution in [2.45, 2.75) is 25.8 Å². The molecule has 1 aliphatic heterocycles. The highest BCUT2D eigenvalue weighted by Gasteiger charge is 2.17. The molecule has 1 fully saturated rings. The molecule has 19 heavy (non-hydrogen) atoms. The highest BCUT2D eigenvalue weighted by molar-refractivity contribution is 5.90. The fourth-order valence-corrected chi connectivity index (χ4v) is 2.72. The number of likely N-dealkylation sites (tertiary alicyclic amines) is 1. The molecule has 0 bridgehead atoms. The van der Waals surface area contributed by atoms with Crippen molar-refractivity contribution in [3.8, 4) is 0 Å². The molecule has 0 aliphatic carbocycles. The van der Waals surface area contributed by atoms with Crippen LogP contribution in [-0.2, 0) is 0 Å². The van der Waals surface area contributed by atoms with E-state index in [1.165, 1.54) is 25.9 Å². The number of anilines is 1. The Kier molecular flexibility index (Phi) is 3.60. The third kappa shape index (κ3) is 2.68. The van der Waals surface area contributed by atoms with Gasteiger partial charge in [0, 0.05) is 18.0 Å². The Hall–Kier alpha value is -1.68. The summed E-state index contributed by atoms with van der Waals surface area (Å²) >= 11 is 0. The van der Waals surface area contributed by atoms with Crippen molar-refractivity contribution < 1.29 is 0 Å². The van der Waals surface area contributed by atoms with Crippen LogP contribution in [0.1, 0.15) is 19.8 Å². The molecule has 0 amide bonds. The summed E-state index contributed by atoms with van der Waals surface area (Å²) in [5.74, 6) is 0. The number of nitrogens with zero attached hydrogens (tertiary/aromatic N) is 3. The maximum atomic E-state index is 4.15. The van der Waals surface area contributed by atoms with E-state index in [4.69, 9.17) is 0 Å². The fraction of sp³-hybridized carbons (Fsp3) is 0.467. The van der Waals surface area contributed by atoms with Crippen LogP contribution in [0.5, 0.6) is 0 Å². The quantitative estimate of drug-likeness (QED) is 0.912. The second kappa shape index (κ2) is 5.53. The molecule has 1 N–H and O–H groups in total. The molecule has 4 heteroatoms. The number of nitrogens with one attached hydrogen (secondary N) is 1. The van der Waals surface area contributed by atoms with Crippen molar-refractivity contribution in [3.05, 3.63) is 30.5 Å². The zero-order valence-corrected chi connectivity index (χ0v) is 11.3. The van der Waals surface area contributed by atoms with Gasteiger partial charge < -0.3 is 5.32 Å². The van der Waals surface area contributed by atoms with Crippen LogP contribution in [0, 0.1) is 0 Å². The smallest absolute Gasteiger partial charge is 0.0950 e. The van der Waals surface area contributed by atoms with Gasteiger partial charge in [-0.2, -0.15) is 10.2 Å². The van der Waals surface area contributed by atoms with Gasteiger partial charge in [-0.3, -0.25) is 4.90 Å². The van der Waals surface area contributed by atoms with E-state index in [0.29, 0.717) is 6.04 Å². The standard InChI is InChI=1S/C15H20N4/c1-12(19-8-4-5-9-19)10-16-15-11-17-18-14-7-3-2-6-13(14)15/h2-3,6-7,11-12H,4-5,8-10H2,1H3,(H,16,18). The molecule has 2 aromatic rings. The maximum Gasteiger partial charge on any atom is 0.0950 e. The first-order valence-corrected chi connectivity index (χ1v) is 7.03. The van der Waals surface area contributed by atoms with Crippen molar-refractivity contribution in [2.24, 2.45) is 0 Å². The Labute approximate surface area is 113 Å². The van der Waals surface area contributed by atoms with Crippen LogP contribution in [0.15, 0.2) is 30.5 Å². The van der Waals surface area contributed by atoms with Crippen molar-refractivity contribution in [1.82, 2.24) is 15.1 Å². The molecule has 100 valence electrons. The predicted octanol–water partition coefficient (Wildman–Crippen LogP) is 2.53. The van der Waals surface area contributed by atoms with Gasteiger partial charge in [0.15, 0.2) is 0 Å². The Morgan fingerprint density at radius 2 is 2.05 bits per heavy atom. The van der Waals surface area contributed by atoms with Crippen LogP contribution < -0.4 is 5.32 Å². The number of hydrogen-bond donors (Lipinski definition) is 1. The molecule has 2 heterocycles. The van der Waals surface area contributed by atoms with Gasteiger partial charge >= 0.3 is 0 Å². The third-order valence-electron chi connectivity index (χ3n) is 3.90. The second-order valence-electron chi connectivity index (χ2n) is 5.25. The monoisotopic (exact) mass is 256 g/mol. The average molecular weight is 256 g/mol. The Morgan fingerprint density at radius 3 is 2.89 bits per heavy atom. The lowest BCUT2D eigenvalue weighted by atomic mass is 10.2. The van der Waals surface area contributed by atoms with Gasteiger partial charge in [0.2, 0.25) is 0 Å². The average Bonchev–Trinajstić information content (AvgIpc) is 2.99. The number of benzene rings is 1. The Balaban J connectivity index is 1.71. The molecule has 1 atom stereocenters. The van der Waals surface area contributed by atoms with E-state index >= 15 is 0 Å². The summed E-state index contributed by atoms with van der Waals surface area (Å²) < 4.78 is 0. The van der Waals surface area contributed by atoms with Gasteiger partial charge in [-0.05, 0) is 38.9 Å². The summed E-state index contributed by atoms with van der Waals surface area (Å²) in [6, 6.07) is 8.69. The van der Waals surface area contributed by atoms with Gasteiger partial charge in [-0.1, -0.05) is 18.2 Å². The predicted molar refractivity (Wildman–Crippen MR) is 78.3 cm³/mol. The summed E-state index contributed by atoms with van der Waals surface area (Å²) in [5.41, 5.74) is 2.03. The first-order valence-electron chi connectivity index (χ1n) is 7.03. The van der Waals surface area contributed by atoms with E-state index in [0.717, 1.165) is 23.1 Å². The molecular weight excluding hydrogens is 236 g/mol. The molecule has 1 aromatic carbocycles. The maximum absolute atomic E-state index is 4.15. The lowest BCUT2D eigenvalue weighted by Gasteiger charge is -2.24. The molecule has 3 rings (SSSR count). The van der Waals surface area contributed by atoms with Crippen molar-refractivity contribution in [2.75, 3.05) is 25.0 Å². The molecular formula is C15H20N4. The largest absolute Gasteiger partial charge is 0.382 e. The fourth-order valence-electron chi connectivity index (χ4n) is 2.72. The zero-order chi connectivity index (χ0) is 13.1. The number of aromatic nitrogens is 2. The highest BCUT2D eigenvalue weighted by Crippen LogP contribution is 2.20. The minimum Gasteiger partial charge on any atom is -0.382 e. The zero-order valence-electron chi connectivity index (χ0n) is 11.3. The minimum absolute atomic E-state index is 0.564. The first-order chi connectivity index (χ1) is 9.34. The van der Waals surface area contributed by atoms with E-state index in [1.54, 1.807) is 0 Å². The van der Waals surface area contributed by atoms with Gasteiger partial charge in [0.25, 0.3) is 0 Å². The number of fused-ring (bicyclic) bond motifs is 1. The van der Waals surface area contributed by atoms with Crippen molar-refractivity contribution in [1.29, 1.82) is 0 Å². The molecule has 1 unspecified atom stereocenters. The van der Waals surface area contributed by atoms with Crippen molar-refractivity contribution in [3.63, 3.8) is 0 Å². The third-order valence-corrected chi connectivity index (χ3v) is 3.90. The first kappa shape index (κ1) is 12.4. The van der Waals surface area contributed by atoms with Crippen LogP contribution in [-0.4, -0.2) is 40.8 Å². The topological polar surface area (TPSA) is 41.1 Å². The summed E-state index contributed by atoms with van der Waals surface area (Å²) in [5, 5.41) is 12.9. The summed E-state index contributed by atoms with van der Waals surface area (Å²) in [4.78, 5) is 2.55. The van der Waals surface area contributed by atoms with E-state index in [9.17, 15) is 0 Å². The lowest BCUT2D eigenvalue weighted by molar-refractivity contribution is 0.269. The molecule has 1 aliphatic rings. The molecule has 0 saturated carbocycles. The van der Waals surface area contributed by atoms with Gasteiger partial charge in [0.05, 0.1) is 17.4 Å². The van der Waals surface area contributed by atoms with Gasteiger partial charge in [0.1, 0.15) is 0 Å². The van der Waals surface area contributed by atoms with Gasteiger partial charge in [-0.15, -0.1) is 0 Å². The van der Waals surface area contributed by atoms with E-state index in [-0.39, 0.29) is 0 Å². The molecule has 4 nitrogen and oxygen atoms in total. The van der Waals surface area contributed by atoms with Gasteiger partial charge in [-0.25, -0.2) is 0 Å². The molecule has 0 spiro atoms. The van der Waals surface area contributed by atoms with Crippen LogP contribution in [0.2, 0.25) is 0 Å². The van der Waals surface area contributed by atoms with Crippen LogP contribution >= 0.6 is 0 Å². The summed E-state index contributed by atoms with van der Waals surface area (Å²) in [6.07, 6.45) is 4.49. The number of hydrogen-bond acceptors (Lipinski definition) is 4. The normalized spacial score (nSPS) is 17.7. The Bertz CT molecular complexity index is 543. The van der Waals surface area contributed by atoms with Crippen LogP contribution in [0.4, 0.5) is 5.69 Å².